The number of fused-ring (bicyclic) bond motifs is 2. The van der Waals surface area contributed by atoms with E-state index in [4.69, 9.17) is 18.3 Å². The largest absolute Gasteiger partial charge is 0.483 e. The highest BCUT2D eigenvalue weighted by molar-refractivity contribution is 5.99. The maximum Gasteiger partial charge on any atom is 0.336 e. The molecule has 3 rings (SSSR count). The third-order valence-electron chi connectivity index (χ3n) is 4.58. The lowest BCUT2D eigenvalue weighted by Gasteiger charge is -2.30. The van der Waals surface area contributed by atoms with Crippen molar-refractivity contribution >= 4 is 27.9 Å². The van der Waals surface area contributed by atoms with Gasteiger partial charge in [-0.1, -0.05) is 6.08 Å². The number of hydrogen-bond acceptors (Lipinski definition) is 7. The van der Waals surface area contributed by atoms with E-state index in [9.17, 15) is 14.7 Å². The third kappa shape index (κ3) is 3.80. The highest BCUT2D eigenvalue weighted by Crippen LogP contribution is 2.35. The molecule has 0 bridgehead atoms. The first-order valence-electron chi connectivity index (χ1n) is 8.84. The van der Waals surface area contributed by atoms with Crippen LogP contribution >= 0.6 is 0 Å². The quantitative estimate of drug-likeness (QED) is 0.393. The van der Waals surface area contributed by atoms with Crippen molar-refractivity contribution in [3.05, 3.63) is 52.6 Å². The Kier molecular flexibility index (Phi) is 5.29. The van der Waals surface area contributed by atoms with Crippen LogP contribution in [0, 0.1) is 0 Å². The van der Waals surface area contributed by atoms with E-state index < -0.39 is 23.3 Å². The molecule has 0 saturated heterocycles. The second-order valence-electron chi connectivity index (χ2n) is 7.01. The minimum absolute atomic E-state index is 0.206. The molecule has 0 aliphatic rings. The summed E-state index contributed by atoms with van der Waals surface area (Å²) in [6.07, 6.45) is 1.99. The van der Waals surface area contributed by atoms with Gasteiger partial charge < -0.3 is 23.4 Å². The van der Waals surface area contributed by atoms with E-state index >= 15 is 0 Å². The maximum atomic E-state index is 12.0. The Bertz CT molecular complexity index is 1100. The molecule has 0 saturated carbocycles. The monoisotopic (exact) mass is 386 g/mol. The molecule has 1 aromatic carbocycles. The maximum absolute atomic E-state index is 12.0. The predicted octanol–water partition coefficient (Wildman–Crippen LogP) is 3.57. The molecule has 0 aliphatic carbocycles. The van der Waals surface area contributed by atoms with Crippen LogP contribution in [-0.4, -0.2) is 29.4 Å². The Morgan fingerprint density at radius 1 is 1.25 bits per heavy atom. The van der Waals surface area contributed by atoms with Gasteiger partial charge in [-0.05, 0) is 45.9 Å². The van der Waals surface area contributed by atoms with E-state index in [2.05, 4.69) is 0 Å². The SMILES string of the molecule is C/C=C(\C)C(=O)OC(C)(C)C(O)COc1c2occc2cc2ccc(=O)oc12. The van der Waals surface area contributed by atoms with Gasteiger partial charge in [-0.15, -0.1) is 0 Å². The summed E-state index contributed by atoms with van der Waals surface area (Å²) in [4.78, 5) is 23.7. The first-order chi connectivity index (χ1) is 13.2. The Morgan fingerprint density at radius 2 is 1.96 bits per heavy atom. The number of rotatable bonds is 6. The number of carbonyl (C=O) groups excluding carboxylic acids is 1. The molecule has 0 aliphatic heterocycles. The van der Waals surface area contributed by atoms with Crippen molar-refractivity contribution in [2.45, 2.75) is 39.4 Å². The molecule has 1 atom stereocenters. The van der Waals surface area contributed by atoms with Crippen molar-refractivity contribution in [2.75, 3.05) is 6.61 Å². The average molecular weight is 386 g/mol. The van der Waals surface area contributed by atoms with Gasteiger partial charge in [0.05, 0.1) is 6.26 Å². The second-order valence-corrected chi connectivity index (χ2v) is 7.01. The molecule has 2 heterocycles. The van der Waals surface area contributed by atoms with Gasteiger partial charge >= 0.3 is 11.6 Å². The van der Waals surface area contributed by atoms with Crippen molar-refractivity contribution in [2.24, 2.45) is 0 Å². The van der Waals surface area contributed by atoms with Crippen molar-refractivity contribution in [3.63, 3.8) is 0 Å². The number of aliphatic hydroxyl groups is 1. The Labute approximate surface area is 161 Å². The van der Waals surface area contributed by atoms with Crippen LogP contribution in [0.1, 0.15) is 27.7 Å². The van der Waals surface area contributed by atoms with Crippen LogP contribution in [0.2, 0.25) is 0 Å². The number of ether oxygens (including phenoxy) is 2. The number of carbonyl (C=O) groups is 1. The summed E-state index contributed by atoms with van der Waals surface area (Å²) in [6.45, 7) is 6.34. The summed E-state index contributed by atoms with van der Waals surface area (Å²) in [5.41, 5.74) is -0.667. The molecular weight excluding hydrogens is 364 g/mol. The zero-order valence-electron chi connectivity index (χ0n) is 16.1. The highest BCUT2D eigenvalue weighted by Gasteiger charge is 2.33. The van der Waals surface area contributed by atoms with Crippen molar-refractivity contribution in [1.82, 2.24) is 0 Å². The van der Waals surface area contributed by atoms with Crippen LogP contribution in [0.5, 0.6) is 5.75 Å². The number of furan rings is 1. The molecule has 7 nitrogen and oxygen atoms in total. The minimum Gasteiger partial charge on any atom is -0.483 e. The smallest absolute Gasteiger partial charge is 0.336 e. The molecule has 1 unspecified atom stereocenters. The van der Waals surface area contributed by atoms with Crippen LogP contribution in [0.3, 0.4) is 0 Å². The fourth-order valence-corrected chi connectivity index (χ4v) is 2.61. The molecule has 7 heteroatoms. The first-order valence-corrected chi connectivity index (χ1v) is 8.84. The molecule has 2 aromatic heterocycles. The summed E-state index contributed by atoms with van der Waals surface area (Å²) in [7, 11) is 0. The lowest BCUT2D eigenvalue weighted by molar-refractivity contribution is -0.164. The van der Waals surface area contributed by atoms with E-state index in [1.54, 1.807) is 45.9 Å². The summed E-state index contributed by atoms with van der Waals surface area (Å²) in [5.74, 6) is -0.308. The van der Waals surface area contributed by atoms with Crippen LogP contribution in [0.15, 0.2) is 55.8 Å². The van der Waals surface area contributed by atoms with Gasteiger partial charge in [0.25, 0.3) is 0 Å². The number of hydrogen-bond donors (Lipinski definition) is 1. The van der Waals surface area contributed by atoms with E-state index in [0.29, 0.717) is 16.5 Å². The summed E-state index contributed by atoms with van der Waals surface area (Å²) < 4.78 is 21.9. The Balaban J connectivity index is 1.88. The molecule has 0 radical (unpaired) electrons. The standard InChI is InChI=1S/C21H22O7/c1-5-12(2)20(24)28-21(3,4)15(22)11-26-19-17-14(8-9-25-17)10-13-6-7-16(23)27-18(13)19/h5-10,15,22H,11H2,1-4H3/b12-5+. The second kappa shape index (κ2) is 7.52. The molecule has 0 amide bonds. The van der Waals surface area contributed by atoms with Gasteiger partial charge in [-0.2, -0.15) is 0 Å². The zero-order chi connectivity index (χ0) is 20.5. The summed E-state index contributed by atoms with van der Waals surface area (Å²) in [5, 5.41) is 12.0. The average Bonchev–Trinajstić information content (AvgIpc) is 3.12. The number of esters is 1. The normalized spacial score (nSPS) is 13.7. The van der Waals surface area contributed by atoms with E-state index in [0.717, 1.165) is 5.39 Å². The summed E-state index contributed by atoms with van der Waals surface area (Å²) in [6, 6.07) is 6.52. The first kappa shape index (κ1) is 19.7. The Hall–Kier alpha value is -3.06. The summed E-state index contributed by atoms with van der Waals surface area (Å²) >= 11 is 0. The molecule has 28 heavy (non-hydrogen) atoms. The van der Waals surface area contributed by atoms with Crippen LogP contribution in [0.4, 0.5) is 0 Å². The van der Waals surface area contributed by atoms with Crippen LogP contribution in [0.25, 0.3) is 21.9 Å². The lowest BCUT2D eigenvalue weighted by atomic mass is 10.0. The lowest BCUT2D eigenvalue weighted by Crippen LogP contribution is -2.44. The van der Waals surface area contributed by atoms with Gasteiger partial charge in [-0.3, -0.25) is 0 Å². The van der Waals surface area contributed by atoms with Crippen molar-refractivity contribution in [3.8, 4) is 5.75 Å². The molecule has 0 fully saturated rings. The van der Waals surface area contributed by atoms with Crippen molar-refractivity contribution < 1.29 is 28.2 Å². The number of aliphatic hydroxyl groups excluding tert-OH is 1. The van der Waals surface area contributed by atoms with Gasteiger partial charge in [0, 0.05) is 22.4 Å². The highest BCUT2D eigenvalue weighted by atomic mass is 16.6. The molecule has 148 valence electrons. The molecule has 1 N–H and O–H groups in total. The third-order valence-corrected chi connectivity index (χ3v) is 4.58. The van der Waals surface area contributed by atoms with Gasteiger partial charge in [-0.25, -0.2) is 9.59 Å². The number of benzene rings is 1. The fourth-order valence-electron chi connectivity index (χ4n) is 2.61. The molecule has 0 spiro atoms. The van der Waals surface area contributed by atoms with Gasteiger partial charge in [0.2, 0.25) is 5.75 Å². The van der Waals surface area contributed by atoms with Gasteiger partial charge in [0.1, 0.15) is 18.3 Å². The predicted molar refractivity (Wildman–Crippen MR) is 103 cm³/mol. The topological polar surface area (TPSA) is 99.1 Å². The Morgan fingerprint density at radius 3 is 2.68 bits per heavy atom. The fraction of sp³-hybridized carbons (Fsp3) is 0.333. The van der Waals surface area contributed by atoms with E-state index in [1.165, 1.54) is 12.3 Å². The van der Waals surface area contributed by atoms with Gasteiger partial charge in [0.15, 0.2) is 11.2 Å². The van der Waals surface area contributed by atoms with Crippen LogP contribution in [-0.2, 0) is 9.53 Å². The van der Waals surface area contributed by atoms with Crippen molar-refractivity contribution in [1.29, 1.82) is 0 Å². The zero-order valence-corrected chi connectivity index (χ0v) is 16.1. The minimum atomic E-state index is -1.20. The van der Waals surface area contributed by atoms with E-state index in [-0.39, 0.29) is 17.9 Å². The molecule has 3 aromatic rings. The van der Waals surface area contributed by atoms with E-state index in [1.807, 2.05) is 6.07 Å². The molecular formula is C21H22O7. The number of allylic oxidation sites excluding steroid dienone is 1. The van der Waals surface area contributed by atoms with Crippen LogP contribution < -0.4 is 10.4 Å².